The number of hydrogen-bond acceptors (Lipinski definition) is 4. The lowest BCUT2D eigenvalue weighted by Crippen LogP contribution is -2.48. The van der Waals surface area contributed by atoms with Crippen molar-refractivity contribution in [2.45, 2.75) is 58.0 Å². The van der Waals surface area contributed by atoms with Gasteiger partial charge in [-0.1, -0.05) is 19.3 Å². The summed E-state index contributed by atoms with van der Waals surface area (Å²) in [6.45, 7) is 6.08. The van der Waals surface area contributed by atoms with E-state index in [1.54, 1.807) is 6.33 Å². The monoisotopic (exact) mass is 346 g/mol. The van der Waals surface area contributed by atoms with Crippen molar-refractivity contribution in [3.63, 3.8) is 0 Å². The number of fused-ring (bicyclic) bond motifs is 1. The van der Waals surface area contributed by atoms with Crippen molar-refractivity contribution in [1.82, 2.24) is 29.9 Å². The average Bonchev–Trinajstić information content (AvgIpc) is 3.12. The topological polar surface area (TPSA) is 66.3 Å². The SMILES string of the molecule is O=C(NCCN1CCC2(CCCCC2)CC1)N1CCn2ncnc2C1. The van der Waals surface area contributed by atoms with Gasteiger partial charge in [0.25, 0.3) is 0 Å². The predicted octanol–water partition coefficient (Wildman–Crippen LogP) is 1.85. The van der Waals surface area contributed by atoms with Crippen molar-refractivity contribution in [2.24, 2.45) is 5.41 Å². The first kappa shape index (κ1) is 16.8. The Morgan fingerprint density at radius 1 is 1.08 bits per heavy atom. The molecule has 4 rings (SSSR count). The van der Waals surface area contributed by atoms with E-state index < -0.39 is 0 Å². The van der Waals surface area contributed by atoms with Crippen LogP contribution >= 0.6 is 0 Å². The second-order valence-electron chi connectivity index (χ2n) is 7.96. The zero-order valence-corrected chi connectivity index (χ0v) is 15.1. The van der Waals surface area contributed by atoms with E-state index in [9.17, 15) is 4.79 Å². The van der Waals surface area contributed by atoms with E-state index in [0.29, 0.717) is 18.5 Å². The zero-order chi connectivity index (χ0) is 17.1. The fraction of sp³-hybridized carbons (Fsp3) is 0.833. The first-order valence-electron chi connectivity index (χ1n) is 9.86. The van der Waals surface area contributed by atoms with Crippen LogP contribution in [0.5, 0.6) is 0 Å². The largest absolute Gasteiger partial charge is 0.337 e. The Bertz CT molecular complexity index is 584. The van der Waals surface area contributed by atoms with Crippen molar-refractivity contribution >= 4 is 6.03 Å². The summed E-state index contributed by atoms with van der Waals surface area (Å²) < 4.78 is 1.87. The summed E-state index contributed by atoms with van der Waals surface area (Å²) in [6, 6.07) is 0.0232. The molecule has 0 aromatic carbocycles. The molecule has 1 aromatic heterocycles. The molecule has 1 N–H and O–H groups in total. The van der Waals surface area contributed by atoms with Crippen LogP contribution in [-0.2, 0) is 13.1 Å². The molecule has 1 saturated carbocycles. The minimum absolute atomic E-state index is 0.0232. The van der Waals surface area contributed by atoms with Gasteiger partial charge in [0.1, 0.15) is 12.2 Å². The summed E-state index contributed by atoms with van der Waals surface area (Å²) >= 11 is 0. The third kappa shape index (κ3) is 3.81. The van der Waals surface area contributed by atoms with E-state index >= 15 is 0 Å². The van der Waals surface area contributed by atoms with Gasteiger partial charge in [-0.15, -0.1) is 0 Å². The summed E-state index contributed by atoms with van der Waals surface area (Å²) in [5.41, 5.74) is 0.655. The van der Waals surface area contributed by atoms with Crippen molar-refractivity contribution in [2.75, 3.05) is 32.7 Å². The van der Waals surface area contributed by atoms with Gasteiger partial charge >= 0.3 is 6.03 Å². The minimum atomic E-state index is 0.0232. The highest BCUT2D eigenvalue weighted by atomic mass is 16.2. The van der Waals surface area contributed by atoms with Crippen LogP contribution < -0.4 is 5.32 Å². The van der Waals surface area contributed by atoms with Crippen molar-refractivity contribution in [3.05, 3.63) is 12.2 Å². The van der Waals surface area contributed by atoms with Crippen LogP contribution in [0, 0.1) is 5.41 Å². The van der Waals surface area contributed by atoms with Crippen LogP contribution in [0.1, 0.15) is 50.8 Å². The Morgan fingerprint density at radius 2 is 1.88 bits per heavy atom. The van der Waals surface area contributed by atoms with E-state index in [1.165, 1.54) is 58.0 Å². The molecule has 1 saturated heterocycles. The molecule has 2 fully saturated rings. The van der Waals surface area contributed by atoms with E-state index in [2.05, 4.69) is 20.3 Å². The molecule has 3 heterocycles. The number of nitrogens with one attached hydrogen (secondary N) is 1. The summed E-state index contributed by atoms with van der Waals surface area (Å²) in [5, 5.41) is 7.23. The average molecular weight is 346 g/mol. The van der Waals surface area contributed by atoms with Crippen LogP contribution in [0.2, 0.25) is 0 Å². The van der Waals surface area contributed by atoms with Gasteiger partial charge in [0.15, 0.2) is 0 Å². The second-order valence-corrected chi connectivity index (χ2v) is 7.96. The van der Waals surface area contributed by atoms with Crippen LogP contribution in [0.25, 0.3) is 0 Å². The highest BCUT2D eigenvalue weighted by Gasteiger charge is 2.35. The molecule has 1 spiro atoms. The molecule has 25 heavy (non-hydrogen) atoms. The molecule has 2 aliphatic heterocycles. The maximum atomic E-state index is 12.4. The third-order valence-corrected chi connectivity index (χ3v) is 6.43. The lowest BCUT2D eigenvalue weighted by molar-refractivity contribution is 0.0683. The van der Waals surface area contributed by atoms with E-state index in [-0.39, 0.29) is 6.03 Å². The standard InChI is InChI=1S/C18H30N6O/c25-17(23-12-13-24-16(14-23)20-15-21-24)19-8-11-22-9-6-18(7-10-22)4-2-1-3-5-18/h15H,1-14H2,(H,19,25). The number of carbonyl (C=O) groups excluding carboxylic acids is 1. The number of rotatable bonds is 3. The Hall–Kier alpha value is -1.63. The Morgan fingerprint density at radius 3 is 2.68 bits per heavy atom. The van der Waals surface area contributed by atoms with E-state index in [1.807, 2.05) is 9.58 Å². The van der Waals surface area contributed by atoms with Gasteiger partial charge in [0.05, 0.1) is 13.1 Å². The first-order valence-corrected chi connectivity index (χ1v) is 9.86. The highest BCUT2D eigenvalue weighted by Crippen LogP contribution is 2.44. The summed E-state index contributed by atoms with van der Waals surface area (Å²) in [5.74, 6) is 0.871. The van der Waals surface area contributed by atoms with Crippen molar-refractivity contribution < 1.29 is 4.79 Å². The molecular formula is C18H30N6O. The van der Waals surface area contributed by atoms with Gasteiger partial charge in [0.2, 0.25) is 0 Å². The van der Waals surface area contributed by atoms with E-state index in [4.69, 9.17) is 0 Å². The van der Waals surface area contributed by atoms with Crippen LogP contribution in [-0.4, -0.2) is 63.3 Å². The third-order valence-electron chi connectivity index (χ3n) is 6.43. The molecule has 138 valence electrons. The predicted molar refractivity (Wildman–Crippen MR) is 95.0 cm³/mol. The number of amides is 2. The number of nitrogens with zero attached hydrogens (tertiary/aromatic N) is 5. The number of urea groups is 1. The number of piperidine rings is 1. The molecule has 0 radical (unpaired) electrons. The van der Waals surface area contributed by atoms with Gasteiger partial charge in [-0.2, -0.15) is 5.10 Å². The van der Waals surface area contributed by atoms with Gasteiger partial charge in [-0.05, 0) is 44.2 Å². The maximum Gasteiger partial charge on any atom is 0.317 e. The van der Waals surface area contributed by atoms with Gasteiger partial charge in [-0.25, -0.2) is 14.5 Å². The van der Waals surface area contributed by atoms with Crippen LogP contribution in [0.4, 0.5) is 4.79 Å². The molecule has 7 heteroatoms. The fourth-order valence-corrected chi connectivity index (χ4v) is 4.72. The summed E-state index contributed by atoms with van der Waals surface area (Å²) in [6.07, 6.45) is 11.4. The lowest BCUT2D eigenvalue weighted by Gasteiger charge is -2.44. The van der Waals surface area contributed by atoms with E-state index in [0.717, 1.165) is 25.5 Å². The van der Waals surface area contributed by atoms with Gasteiger partial charge < -0.3 is 15.1 Å². The number of aromatic nitrogens is 3. The van der Waals surface area contributed by atoms with Crippen LogP contribution in [0.3, 0.4) is 0 Å². The fourth-order valence-electron chi connectivity index (χ4n) is 4.72. The number of carbonyl (C=O) groups is 1. The van der Waals surface area contributed by atoms with Gasteiger partial charge in [-0.3, -0.25) is 0 Å². The molecule has 2 amide bonds. The molecule has 0 unspecified atom stereocenters. The quantitative estimate of drug-likeness (QED) is 0.907. The number of hydrogen-bond donors (Lipinski definition) is 1. The Labute approximate surface area is 149 Å². The molecule has 3 aliphatic rings. The molecule has 0 atom stereocenters. The van der Waals surface area contributed by atoms with Gasteiger partial charge in [0, 0.05) is 19.6 Å². The molecule has 0 bridgehead atoms. The Balaban J connectivity index is 1.17. The summed E-state index contributed by atoms with van der Waals surface area (Å²) in [4.78, 5) is 20.9. The molecule has 1 aromatic rings. The molecule has 7 nitrogen and oxygen atoms in total. The summed E-state index contributed by atoms with van der Waals surface area (Å²) in [7, 11) is 0. The number of likely N-dealkylation sites (tertiary alicyclic amines) is 1. The lowest BCUT2D eigenvalue weighted by atomic mass is 9.68. The minimum Gasteiger partial charge on any atom is -0.337 e. The Kier molecular flexibility index (Phi) is 4.92. The van der Waals surface area contributed by atoms with Crippen molar-refractivity contribution in [3.8, 4) is 0 Å². The molecular weight excluding hydrogens is 316 g/mol. The van der Waals surface area contributed by atoms with Crippen molar-refractivity contribution in [1.29, 1.82) is 0 Å². The maximum absolute atomic E-state index is 12.4. The second kappa shape index (κ2) is 7.32. The zero-order valence-electron chi connectivity index (χ0n) is 15.1. The highest BCUT2D eigenvalue weighted by molar-refractivity contribution is 5.74. The normalized spacial score (nSPS) is 23.4. The van der Waals surface area contributed by atoms with Crippen LogP contribution in [0.15, 0.2) is 6.33 Å². The first-order chi connectivity index (χ1) is 12.2. The molecule has 1 aliphatic carbocycles. The smallest absolute Gasteiger partial charge is 0.317 e.